The molecule has 1 atom stereocenters. The highest BCUT2D eigenvalue weighted by molar-refractivity contribution is 8.13. The number of carbonyl (C=O) groups is 2. The van der Waals surface area contributed by atoms with Crippen LogP contribution in [0.4, 0.5) is 5.69 Å². The van der Waals surface area contributed by atoms with Gasteiger partial charge in [-0.2, -0.15) is 0 Å². The number of aromatic nitrogens is 1. The quantitative estimate of drug-likeness (QED) is 0.0695. The molecule has 11 heteroatoms. The highest BCUT2D eigenvalue weighted by Crippen LogP contribution is 2.31. The zero-order valence-electron chi connectivity index (χ0n) is 21.6. The van der Waals surface area contributed by atoms with Crippen molar-refractivity contribution in [1.82, 2.24) is 15.6 Å². The van der Waals surface area contributed by atoms with Crippen molar-refractivity contribution < 1.29 is 14.3 Å². The lowest BCUT2D eigenvalue weighted by Gasteiger charge is -2.27. The molecule has 7 nitrogen and oxygen atoms in total. The minimum absolute atomic E-state index is 0.00616. The number of pyridine rings is 1. The SMILES string of the molecule is O=C(/C=C/c1ccccc1)NC(N/C(=N\c1cccc2cccnc12)SCOC(=O)C1CCCCC1)C(Cl)(Cl)Cl. The van der Waals surface area contributed by atoms with Crippen molar-refractivity contribution in [2.45, 2.75) is 42.1 Å². The first-order valence-corrected chi connectivity index (χ1v) is 15.0. The summed E-state index contributed by atoms with van der Waals surface area (Å²) in [5.41, 5.74) is 2.08. The minimum Gasteiger partial charge on any atom is -0.454 e. The Morgan fingerprint density at radius 2 is 1.77 bits per heavy atom. The molecule has 40 heavy (non-hydrogen) atoms. The second-order valence-electron chi connectivity index (χ2n) is 9.20. The number of nitrogens with one attached hydrogen (secondary N) is 2. The van der Waals surface area contributed by atoms with Gasteiger partial charge in [0, 0.05) is 17.7 Å². The molecular weight excluding hydrogens is 591 g/mol. The molecule has 1 fully saturated rings. The number of alkyl halides is 3. The lowest BCUT2D eigenvalue weighted by Crippen LogP contribution is -2.54. The monoisotopic (exact) mass is 618 g/mol. The number of hydrogen-bond acceptors (Lipinski definition) is 6. The number of fused-ring (bicyclic) bond motifs is 1. The molecule has 0 radical (unpaired) electrons. The number of halogens is 3. The van der Waals surface area contributed by atoms with E-state index in [0.29, 0.717) is 11.2 Å². The molecular formula is C29H29Cl3N4O3S. The van der Waals surface area contributed by atoms with Crippen LogP contribution in [0.1, 0.15) is 37.7 Å². The van der Waals surface area contributed by atoms with Gasteiger partial charge in [-0.25, -0.2) is 4.99 Å². The first-order chi connectivity index (χ1) is 19.3. The fourth-order valence-corrected chi connectivity index (χ4v) is 5.22. The summed E-state index contributed by atoms with van der Waals surface area (Å²) >= 11 is 19.9. The Kier molecular flexibility index (Phi) is 11.1. The van der Waals surface area contributed by atoms with Crippen molar-refractivity contribution in [1.29, 1.82) is 0 Å². The Balaban J connectivity index is 1.53. The molecule has 1 amide bonds. The van der Waals surface area contributed by atoms with Crippen LogP contribution in [0.5, 0.6) is 0 Å². The number of ether oxygens (including phenoxy) is 1. The largest absolute Gasteiger partial charge is 0.454 e. The van der Waals surface area contributed by atoms with E-state index in [2.05, 4.69) is 15.6 Å². The summed E-state index contributed by atoms with van der Waals surface area (Å²) in [5.74, 6) is -0.800. The van der Waals surface area contributed by atoms with Gasteiger partial charge in [-0.1, -0.05) is 103 Å². The van der Waals surface area contributed by atoms with Gasteiger partial charge in [-0.05, 0) is 48.4 Å². The fraction of sp³-hybridized carbons (Fsp3) is 0.310. The summed E-state index contributed by atoms with van der Waals surface area (Å²) in [6.07, 6.45) is 8.39. The number of benzene rings is 2. The molecule has 1 aliphatic rings. The molecule has 0 aliphatic heterocycles. The zero-order chi connectivity index (χ0) is 28.4. The maximum Gasteiger partial charge on any atom is 0.309 e. The lowest BCUT2D eigenvalue weighted by molar-refractivity contribution is -0.147. The zero-order valence-corrected chi connectivity index (χ0v) is 24.6. The summed E-state index contributed by atoms with van der Waals surface area (Å²) < 4.78 is 3.63. The number of amides is 1. The van der Waals surface area contributed by atoms with E-state index in [-0.39, 0.29) is 23.0 Å². The van der Waals surface area contributed by atoms with Gasteiger partial charge in [0.2, 0.25) is 9.70 Å². The van der Waals surface area contributed by atoms with Gasteiger partial charge in [0.15, 0.2) is 5.17 Å². The van der Waals surface area contributed by atoms with Crippen molar-refractivity contribution >= 4 is 86.3 Å². The Bertz CT molecular complexity index is 1350. The first-order valence-electron chi connectivity index (χ1n) is 12.9. The van der Waals surface area contributed by atoms with Crippen LogP contribution in [-0.4, -0.2) is 37.9 Å². The van der Waals surface area contributed by atoms with E-state index in [4.69, 9.17) is 44.5 Å². The van der Waals surface area contributed by atoms with Crippen LogP contribution in [0.3, 0.4) is 0 Å². The third kappa shape index (κ3) is 9.13. The molecule has 2 N–H and O–H groups in total. The van der Waals surface area contributed by atoms with Crippen molar-refractivity contribution in [3.63, 3.8) is 0 Å². The van der Waals surface area contributed by atoms with Crippen molar-refractivity contribution in [3.05, 3.63) is 78.5 Å². The Morgan fingerprint density at radius 1 is 1.02 bits per heavy atom. The van der Waals surface area contributed by atoms with Crippen LogP contribution in [0.15, 0.2) is 77.9 Å². The number of esters is 1. The van der Waals surface area contributed by atoms with Crippen molar-refractivity contribution in [2.24, 2.45) is 10.9 Å². The number of para-hydroxylation sites is 1. The Labute approximate surface area is 252 Å². The summed E-state index contributed by atoms with van der Waals surface area (Å²) in [4.78, 5) is 34.5. The number of carbonyl (C=O) groups excluding carboxylic acids is 2. The molecule has 0 saturated heterocycles. The molecule has 1 heterocycles. The van der Waals surface area contributed by atoms with Gasteiger partial charge in [-0.15, -0.1) is 0 Å². The topological polar surface area (TPSA) is 92.7 Å². The molecule has 1 unspecified atom stereocenters. The van der Waals surface area contributed by atoms with Gasteiger partial charge in [0.25, 0.3) is 0 Å². The molecule has 210 valence electrons. The minimum atomic E-state index is -1.94. The Hall–Kier alpha value is -2.78. The van der Waals surface area contributed by atoms with Crippen LogP contribution in [-0.2, 0) is 14.3 Å². The predicted molar refractivity (Wildman–Crippen MR) is 165 cm³/mol. The van der Waals surface area contributed by atoms with Crippen LogP contribution in [0.25, 0.3) is 17.0 Å². The van der Waals surface area contributed by atoms with E-state index in [1.54, 1.807) is 18.3 Å². The smallest absolute Gasteiger partial charge is 0.309 e. The first kappa shape index (κ1) is 30.2. The van der Waals surface area contributed by atoms with Gasteiger partial charge < -0.3 is 15.4 Å². The highest BCUT2D eigenvalue weighted by atomic mass is 35.6. The van der Waals surface area contributed by atoms with Crippen LogP contribution < -0.4 is 10.6 Å². The predicted octanol–water partition coefficient (Wildman–Crippen LogP) is 7.15. The molecule has 3 aromatic rings. The average Bonchev–Trinajstić information content (AvgIpc) is 2.96. The van der Waals surface area contributed by atoms with Crippen molar-refractivity contribution in [3.8, 4) is 0 Å². The molecule has 0 bridgehead atoms. The third-order valence-electron chi connectivity index (χ3n) is 6.28. The molecule has 1 saturated carbocycles. The average molecular weight is 620 g/mol. The number of amidine groups is 1. The summed E-state index contributed by atoms with van der Waals surface area (Å²) in [6, 6.07) is 18.7. The maximum absolute atomic E-state index is 12.7. The van der Waals surface area contributed by atoms with Crippen LogP contribution in [0.2, 0.25) is 0 Å². The normalized spacial score (nSPS) is 15.6. The van der Waals surface area contributed by atoms with Crippen molar-refractivity contribution in [2.75, 3.05) is 5.94 Å². The highest BCUT2D eigenvalue weighted by Gasteiger charge is 2.35. The van der Waals surface area contributed by atoms with E-state index >= 15 is 0 Å². The Morgan fingerprint density at radius 3 is 2.52 bits per heavy atom. The van der Waals surface area contributed by atoms with E-state index in [0.717, 1.165) is 54.8 Å². The lowest BCUT2D eigenvalue weighted by atomic mass is 9.89. The summed E-state index contributed by atoms with van der Waals surface area (Å²) in [7, 11) is 0. The molecule has 1 aromatic heterocycles. The molecule has 1 aliphatic carbocycles. The number of aliphatic imine (C=N–C) groups is 1. The second kappa shape index (κ2) is 14.7. The number of nitrogens with zero attached hydrogens (tertiary/aromatic N) is 2. The molecule has 2 aromatic carbocycles. The van der Waals surface area contributed by atoms with Gasteiger partial charge in [0.1, 0.15) is 12.1 Å². The van der Waals surface area contributed by atoms with E-state index in [1.165, 1.54) is 6.08 Å². The number of hydrogen-bond donors (Lipinski definition) is 2. The third-order valence-corrected chi connectivity index (χ3v) is 7.65. The fourth-order valence-electron chi connectivity index (χ4n) is 4.24. The number of rotatable bonds is 8. The van der Waals surface area contributed by atoms with Gasteiger partial charge in [-0.3, -0.25) is 14.6 Å². The molecule has 0 spiro atoms. The second-order valence-corrected chi connectivity index (χ2v) is 12.5. The van der Waals surface area contributed by atoms with Gasteiger partial charge >= 0.3 is 5.97 Å². The van der Waals surface area contributed by atoms with E-state index in [9.17, 15) is 9.59 Å². The summed E-state index contributed by atoms with van der Waals surface area (Å²) in [5, 5.41) is 6.88. The van der Waals surface area contributed by atoms with Crippen LogP contribution in [0, 0.1) is 5.92 Å². The molecule has 4 rings (SSSR count). The maximum atomic E-state index is 12.7. The standard InChI is InChI=1S/C29H29Cl3N4O3S/c30-29(31,32)27(35-24(37)17-16-20-9-3-1-4-10-20)36-28(40-19-39-26(38)22-11-5-2-6-12-22)34-23-15-7-13-21-14-8-18-33-25(21)23/h1,3-4,7-10,13-18,22,27H,2,5-6,11-12,19H2,(H,34,36)(H,35,37)/b17-16+. The van der Waals surface area contributed by atoms with Crippen LogP contribution >= 0.6 is 46.6 Å². The van der Waals surface area contributed by atoms with E-state index < -0.39 is 15.9 Å². The van der Waals surface area contributed by atoms with E-state index in [1.807, 2.05) is 54.6 Å². The summed E-state index contributed by atoms with van der Waals surface area (Å²) in [6.45, 7) is 0. The number of thioether (sulfide) groups is 1. The van der Waals surface area contributed by atoms with Gasteiger partial charge in [0.05, 0.1) is 17.1 Å².